The van der Waals surface area contributed by atoms with Gasteiger partial charge in [0.2, 0.25) is 0 Å². The number of rotatable bonds is 6. The van der Waals surface area contributed by atoms with Gasteiger partial charge < -0.3 is 14.4 Å². The number of piperidine rings is 1. The molecule has 0 aromatic heterocycles. The van der Waals surface area contributed by atoms with Crippen LogP contribution >= 0.6 is 15.9 Å². The number of carbonyl (C=O) groups excluding carboxylic acids is 2. The zero-order valence-electron chi connectivity index (χ0n) is 12.6. The number of carbonyl (C=O) groups is 2. The van der Waals surface area contributed by atoms with E-state index in [0.717, 1.165) is 32.2 Å². The minimum Gasteiger partial charge on any atom is -0.490 e. The molecule has 0 bridgehead atoms. The fourth-order valence-corrected chi connectivity index (χ4v) is 2.81. The third kappa shape index (κ3) is 4.22. The van der Waals surface area contributed by atoms with E-state index < -0.39 is 0 Å². The second-order valence-electron chi connectivity index (χ2n) is 5.10. The van der Waals surface area contributed by atoms with Crippen molar-refractivity contribution in [1.82, 2.24) is 4.90 Å². The second-order valence-corrected chi connectivity index (χ2v) is 5.96. The lowest BCUT2D eigenvalue weighted by Gasteiger charge is -2.26. The Hall–Kier alpha value is -1.56. The number of nitrogens with zero attached hydrogens (tertiary/aromatic N) is 1. The monoisotopic (exact) mass is 369 g/mol. The van der Waals surface area contributed by atoms with Crippen LogP contribution in [-0.2, 0) is 4.79 Å². The molecule has 1 aromatic rings. The summed E-state index contributed by atoms with van der Waals surface area (Å²) < 4.78 is 11.7. The van der Waals surface area contributed by atoms with Crippen molar-refractivity contribution in [2.75, 3.05) is 26.3 Å². The zero-order valence-corrected chi connectivity index (χ0v) is 14.2. The summed E-state index contributed by atoms with van der Waals surface area (Å²) in [6.45, 7) is 3.89. The van der Waals surface area contributed by atoms with Crippen molar-refractivity contribution < 1.29 is 19.1 Å². The van der Waals surface area contributed by atoms with Crippen LogP contribution in [0.1, 0.15) is 36.5 Å². The van der Waals surface area contributed by atoms with Crippen molar-refractivity contribution in [3.8, 4) is 11.5 Å². The number of likely N-dealkylation sites (tertiary alicyclic amines) is 1. The van der Waals surface area contributed by atoms with Crippen LogP contribution in [0.4, 0.5) is 0 Å². The number of hydrogen-bond donors (Lipinski definition) is 0. The summed E-state index contributed by atoms with van der Waals surface area (Å²) in [6, 6.07) is 3.28. The molecule has 120 valence electrons. The molecule has 1 heterocycles. The molecular weight excluding hydrogens is 350 g/mol. The van der Waals surface area contributed by atoms with Gasteiger partial charge in [0.05, 0.1) is 6.61 Å². The molecule has 1 aromatic carbocycles. The Kier molecular flexibility index (Phi) is 6.24. The molecule has 0 N–H and O–H groups in total. The third-order valence-corrected chi connectivity index (χ3v) is 4.24. The van der Waals surface area contributed by atoms with Crippen molar-refractivity contribution >= 4 is 28.1 Å². The van der Waals surface area contributed by atoms with E-state index in [2.05, 4.69) is 15.9 Å². The van der Waals surface area contributed by atoms with E-state index in [1.54, 1.807) is 12.1 Å². The normalized spacial score (nSPS) is 14.5. The molecular formula is C16H20BrNO4. The van der Waals surface area contributed by atoms with Crippen molar-refractivity contribution in [3.63, 3.8) is 0 Å². The van der Waals surface area contributed by atoms with Crippen LogP contribution in [0.5, 0.6) is 11.5 Å². The topological polar surface area (TPSA) is 55.8 Å². The first kappa shape index (κ1) is 16.8. The van der Waals surface area contributed by atoms with Crippen molar-refractivity contribution in [3.05, 3.63) is 22.2 Å². The van der Waals surface area contributed by atoms with Gasteiger partial charge in [-0.15, -0.1) is 0 Å². The summed E-state index contributed by atoms with van der Waals surface area (Å²) in [5, 5.41) is 0. The minimum atomic E-state index is -0.0209. The van der Waals surface area contributed by atoms with Crippen LogP contribution in [0.25, 0.3) is 0 Å². The van der Waals surface area contributed by atoms with Crippen LogP contribution in [0.2, 0.25) is 0 Å². The van der Waals surface area contributed by atoms with Crippen LogP contribution in [0, 0.1) is 0 Å². The SMILES string of the molecule is CCOc1cc(C=O)c(Br)cc1OCC(=O)N1CCCCC1. The molecule has 1 fully saturated rings. The summed E-state index contributed by atoms with van der Waals surface area (Å²) in [6.07, 6.45) is 4.03. The van der Waals surface area contributed by atoms with Gasteiger partial charge in [-0.05, 0) is 54.2 Å². The highest BCUT2D eigenvalue weighted by atomic mass is 79.9. The molecule has 1 amide bonds. The van der Waals surface area contributed by atoms with E-state index in [9.17, 15) is 9.59 Å². The summed E-state index contributed by atoms with van der Waals surface area (Å²) in [4.78, 5) is 25.0. The number of ether oxygens (including phenoxy) is 2. The Morgan fingerprint density at radius 1 is 1.23 bits per heavy atom. The highest BCUT2D eigenvalue weighted by molar-refractivity contribution is 9.10. The molecule has 5 nitrogen and oxygen atoms in total. The first-order chi connectivity index (χ1) is 10.7. The van der Waals surface area contributed by atoms with Gasteiger partial charge in [-0.3, -0.25) is 9.59 Å². The largest absolute Gasteiger partial charge is 0.490 e. The van der Waals surface area contributed by atoms with Gasteiger partial charge in [-0.2, -0.15) is 0 Å². The molecule has 22 heavy (non-hydrogen) atoms. The van der Waals surface area contributed by atoms with Crippen molar-refractivity contribution in [2.24, 2.45) is 0 Å². The van der Waals surface area contributed by atoms with E-state index in [-0.39, 0.29) is 12.5 Å². The maximum Gasteiger partial charge on any atom is 0.260 e. The maximum absolute atomic E-state index is 12.1. The number of benzene rings is 1. The smallest absolute Gasteiger partial charge is 0.260 e. The fourth-order valence-electron chi connectivity index (χ4n) is 2.40. The van der Waals surface area contributed by atoms with Gasteiger partial charge in [0.1, 0.15) is 0 Å². The maximum atomic E-state index is 12.1. The van der Waals surface area contributed by atoms with Gasteiger partial charge in [0.15, 0.2) is 24.4 Å². The lowest BCUT2D eigenvalue weighted by molar-refractivity contribution is -0.134. The van der Waals surface area contributed by atoms with Crippen molar-refractivity contribution in [1.29, 1.82) is 0 Å². The average Bonchev–Trinajstić information content (AvgIpc) is 2.55. The second kappa shape index (κ2) is 8.17. The predicted octanol–water partition coefficient (Wildman–Crippen LogP) is 3.05. The Morgan fingerprint density at radius 2 is 1.91 bits per heavy atom. The van der Waals surface area contributed by atoms with Gasteiger partial charge in [-0.1, -0.05) is 0 Å². The summed E-state index contributed by atoms with van der Waals surface area (Å²) in [5.74, 6) is 0.918. The molecule has 0 saturated carbocycles. The van der Waals surface area contributed by atoms with E-state index in [1.807, 2.05) is 11.8 Å². The van der Waals surface area contributed by atoms with Gasteiger partial charge in [-0.25, -0.2) is 0 Å². The van der Waals surface area contributed by atoms with E-state index in [0.29, 0.717) is 28.1 Å². The summed E-state index contributed by atoms with van der Waals surface area (Å²) in [7, 11) is 0. The number of halogens is 1. The highest BCUT2D eigenvalue weighted by Crippen LogP contribution is 2.33. The molecule has 6 heteroatoms. The lowest BCUT2D eigenvalue weighted by atomic mass is 10.1. The molecule has 1 aliphatic rings. The molecule has 1 aliphatic heterocycles. The Morgan fingerprint density at radius 3 is 2.55 bits per heavy atom. The standard InChI is InChI=1S/C16H20BrNO4/c1-2-21-14-8-12(10-19)13(17)9-15(14)22-11-16(20)18-6-4-3-5-7-18/h8-10H,2-7,11H2,1H3. The molecule has 1 saturated heterocycles. The van der Waals surface area contributed by atoms with Crippen LogP contribution in [0.15, 0.2) is 16.6 Å². The first-order valence-corrected chi connectivity index (χ1v) is 8.27. The fraction of sp³-hybridized carbons (Fsp3) is 0.500. The highest BCUT2D eigenvalue weighted by Gasteiger charge is 2.18. The van der Waals surface area contributed by atoms with E-state index in [1.165, 1.54) is 6.42 Å². The summed E-state index contributed by atoms with van der Waals surface area (Å²) >= 11 is 3.31. The molecule has 0 unspecified atom stereocenters. The Bertz CT molecular complexity index is 541. The molecule has 0 aliphatic carbocycles. The van der Waals surface area contributed by atoms with Gasteiger partial charge >= 0.3 is 0 Å². The quantitative estimate of drug-likeness (QED) is 0.723. The molecule has 0 atom stereocenters. The number of hydrogen-bond acceptors (Lipinski definition) is 4. The van der Waals surface area contributed by atoms with Gasteiger partial charge in [0, 0.05) is 23.1 Å². The van der Waals surface area contributed by atoms with E-state index in [4.69, 9.17) is 9.47 Å². The minimum absolute atomic E-state index is 0.0160. The third-order valence-electron chi connectivity index (χ3n) is 3.55. The Balaban J connectivity index is 2.05. The van der Waals surface area contributed by atoms with E-state index >= 15 is 0 Å². The van der Waals surface area contributed by atoms with Crippen LogP contribution in [0.3, 0.4) is 0 Å². The molecule has 0 spiro atoms. The Labute approximate surface area is 138 Å². The predicted molar refractivity (Wildman–Crippen MR) is 86.6 cm³/mol. The lowest BCUT2D eigenvalue weighted by Crippen LogP contribution is -2.38. The van der Waals surface area contributed by atoms with Gasteiger partial charge in [0.25, 0.3) is 5.91 Å². The molecule has 2 rings (SSSR count). The van der Waals surface area contributed by atoms with Crippen LogP contribution in [-0.4, -0.2) is 43.4 Å². The average molecular weight is 370 g/mol. The van der Waals surface area contributed by atoms with Crippen LogP contribution < -0.4 is 9.47 Å². The number of aldehydes is 1. The van der Waals surface area contributed by atoms with Crippen molar-refractivity contribution in [2.45, 2.75) is 26.2 Å². The summed E-state index contributed by atoms with van der Waals surface area (Å²) in [5.41, 5.74) is 0.484. The first-order valence-electron chi connectivity index (χ1n) is 7.47. The zero-order chi connectivity index (χ0) is 15.9. The number of amides is 1. The molecule has 0 radical (unpaired) electrons.